The van der Waals surface area contributed by atoms with Gasteiger partial charge in [0.1, 0.15) is 5.75 Å². The third-order valence-electron chi connectivity index (χ3n) is 5.77. The lowest BCUT2D eigenvalue weighted by Crippen LogP contribution is -2.16. The van der Waals surface area contributed by atoms with Crippen LogP contribution in [0, 0.1) is 0 Å². The van der Waals surface area contributed by atoms with Crippen molar-refractivity contribution in [1.82, 2.24) is 0 Å². The Morgan fingerprint density at radius 1 is 1.06 bits per heavy atom. The van der Waals surface area contributed by atoms with Crippen LogP contribution in [0.5, 0.6) is 5.75 Å². The first kappa shape index (κ1) is 23.6. The van der Waals surface area contributed by atoms with E-state index in [9.17, 15) is 0 Å². The van der Waals surface area contributed by atoms with E-state index in [0.29, 0.717) is 0 Å². The molecule has 0 atom stereocenters. The maximum atomic E-state index is 5.45. The Balaban J connectivity index is 1.49. The summed E-state index contributed by atoms with van der Waals surface area (Å²) in [6.45, 7) is 5.23. The Kier molecular flexibility index (Phi) is 7.09. The van der Waals surface area contributed by atoms with E-state index in [2.05, 4.69) is 102 Å². The molecule has 3 aromatic carbocycles. The Labute approximate surface area is 220 Å². The van der Waals surface area contributed by atoms with Gasteiger partial charge in [-0.2, -0.15) is 0 Å². The number of hydrogen-bond donors (Lipinski definition) is 0. The van der Waals surface area contributed by atoms with Gasteiger partial charge < -0.3 is 12.8 Å². The number of ether oxygens (including phenoxy) is 1. The number of anilines is 2. The predicted octanol–water partition coefficient (Wildman–Crippen LogP) is 8.38. The van der Waals surface area contributed by atoms with Crippen LogP contribution in [0.4, 0.5) is 11.4 Å². The van der Waals surface area contributed by atoms with Crippen LogP contribution in [-0.2, 0) is 0 Å². The van der Waals surface area contributed by atoms with Crippen LogP contribution in [0.15, 0.2) is 99.3 Å². The van der Waals surface area contributed by atoms with E-state index in [1.807, 2.05) is 29.6 Å². The Morgan fingerprint density at radius 2 is 1.91 bits per heavy atom. The number of hydrogen-bond acceptors (Lipinski definition) is 5. The van der Waals surface area contributed by atoms with Gasteiger partial charge >= 0.3 is 0 Å². The molecule has 0 radical (unpaired) electrons. The molecule has 174 valence electrons. The molecule has 5 rings (SSSR count). The van der Waals surface area contributed by atoms with Gasteiger partial charge in [-0.05, 0) is 61.2 Å². The summed E-state index contributed by atoms with van der Waals surface area (Å²) in [4.78, 5) is 4.98. The number of benzene rings is 3. The molecule has 0 aromatic heterocycles. The van der Waals surface area contributed by atoms with E-state index in [1.165, 1.54) is 45.4 Å². The van der Waals surface area contributed by atoms with Gasteiger partial charge in [0.25, 0.3) is 0 Å². The lowest BCUT2D eigenvalue weighted by molar-refractivity contribution is 0.414. The molecule has 3 aromatic rings. The van der Waals surface area contributed by atoms with Gasteiger partial charge in [-0.25, -0.2) is 0 Å². The van der Waals surface area contributed by atoms with Crippen molar-refractivity contribution in [2.45, 2.75) is 23.6 Å². The normalized spacial score (nSPS) is 17.1. The van der Waals surface area contributed by atoms with Crippen molar-refractivity contribution < 1.29 is 4.74 Å². The molecule has 0 aliphatic carbocycles. The fourth-order valence-corrected chi connectivity index (χ4v) is 10.2. The average molecular weight is 599 g/mol. The number of rotatable bonds is 5. The highest BCUT2D eigenvalue weighted by Crippen LogP contribution is 2.48. The van der Waals surface area contributed by atoms with Crippen LogP contribution in [0.2, 0.25) is 0 Å². The van der Waals surface area contributed by atoms with Crippen molar-refractivity contribution in [3.8, 4) is 5.75 Å². The Bertz CT molecular complexity index is 1380. The van der Waals surface area contributed by atoms with Gasteiger partial charge in [0, 0.05) is 49.8 Å². The molecule has 0 spiro atoms. The first-order valence-electron chi connectivity index (χ1n) is 11.3. The Morgan fingerprint density at radius 3 is 2.71 bits per heavy atom. The molecule has 3 nitrogen and oxygen atoms in total. The number of allylic oxidation sites excluding steroid dienone is 4. The summed E-state index contributed by atoms with van der Waals surface area (Å²) < 4.78 is 9.40. The van der Waals surface area contributed by atoms with Gasteiger partial charge in [0.05, 0.1) is 26.4 Å². The minimum Gasteiger partial charge on any atom is -0.497 e. The molecule has 0 bridgehead atoms. The van der Waals surface area contributed by atoms with Crippen LogP contribution in [-0.4, -0.2) is 23.5 Å². The first-order valence-corrected chi connectivity index (χ1v) is 14.9. The maximum absolute atomic E-state index is 5.45. The summed E-state index contributed by atoms with van der Waals surface area (Å²) in [6, 6.07) is 19.6. The van der Waals surface area contributed by atoms with E-state index >= 15 is 0 Å². The number of methoxy groups -OCH3 is 1. The zero-order chi connectivity index (χ0) is 23.7. The van der Waals surface area contributed by atoms with Crippen molar-refractivity contribution >= 4 is 69.5 Å². The molecule has 2 heterocycles. The third kappa shape index (κ3) is 4.55. The highest BCUT2D eigenvalue weighted by atomic mass is 127. The highest BCUT2D eigenvalue weighted by molar-refractivity contribution is 14.2. The quantitative estimate of drug-likeness (QED) is 0.166. The maximum Gasteiger partial charge on any atom is 0.120 e. The topological polar surface area (TPSA) is 15.7 Å². The van der Waals surface area contributed by atoms with Crippen LogP contribution >= 0.6 is 44.5 Å². The third-order valence-corrected chi connectivity index (χ3v) is 10.8. The monoisotopic (exact) mass is 598 g/mol. The molecule has 2 aliphatic rings. The fraction of sp³-hybridized carbons (Fsp3) is 0.179. The average Bonchev–Trinajstić information content (AvgIpc) is 3.19. The second-order valence-corrected chi connectivity index (χ2v) is 13.9. The zero-order valence-electron chi connectivity index (χ0n) is 19.7. The molecule has 2 aliphatic heterocycles. The molecule has 0 unspecified atom stereocenters. The van der Waals surface area contributed by atoms with Crippen molar-refractivity contribution in [3.05, 3.63) is 89.5 Å². The predicted molar refractivity (Wildman–Crippen MR) is 160 cm³/mol. The second kappa shape index (κ2) is 10.2. The molecule has 6 heteroatoms. The van der Waals surface area contributed by atoms with Crippen molar-refractivity contribution in [3.63, 3.8) is 0 Å². The SMILES string of the molecule is C\C=C/C(/C=C1\Sc2cc(OC)ccc2N1CC)=C\C1=IN(C)c2c(ccc3ccccc23)S1. The van der Waals surface area contributed by atoms with Gasteiger partial charge in [0.2, 0.25) is 0 Å². The van der Waals surface area contributed by atoms with Gasteiger partial charge in [-0.3, -0.25) is 0 Å². The van der Waals surface area contributed by atoms with Crippen LogP contribution < -0.4 is 12.8 Å². The summed E-state index contributed by atoms with van der Waals surface area (Å²) in [5, 5.41) is 3.92. The summed E-state index contributed by atoms with van der Waals surface area (Å²) in [7, 11) is 3.97. The molecular formula is C28H27IN2OS2. The molecule has 0 N–H and O–H groups in total. The number of halogens is 1. The summed E-state index contributed by atoms with van der Waals surface area (Å²) in [5.74, 6) is 0.904. The summed E-state index contributed by atoms with van der Waals surface area (Å²) in [6.07, 6.45) is 9.07. The van der Waals surface area contributed by atoms with E-state index < -0.39 is 0 Å². The van der Waals surface area contributed by atoms with Gasteiger partial charge in [-0.1, -0.05) is 66.0 Å². The van der Waals surface area contributed by atoms with Gasteiger partial charge in [0.15, 0.2) is 0 Å². The molecule has 0 saturated carbocycles. The van der Waals surface area contributed by atoms with E-state index in [1.54, 1.807) is 7.11 Å². The molecular weight excluding hydrogens is 571 g/mol. The van der Waals surface area contributed by atoms with E-state index in [4.69, 9.17) is 4.74 Å². The first-order chi connectivity index (χ1) is 16.6. The molecule has 0 amide bonds. The number of thioether (sulfide) groups is 2. The smallest absolute Gasteiger partial charge is 0.120 e. The lowest BCUT2D eigenvalue weighted by Gasteiger charge is -2.25. The highest BCUT2D eigenvalue weighted by Gasteiger charge is 2.25. The molecule has 0 fully saturated rings. The summed E-state index contributed by atoms with van der Waals surface area (Å²) >= 11 is 3.48. The fourth-order valence-electron chi connectivity index (χ4n) is 4.23. The molecule has 34 heavy (non-hydrogen) atoms. The largest absolute Gasteiger partial charge is 0.497 e. The lowest BCUT2D eigenvalue weighted by atomic mass is 10.1. The standard InChI is InChI=1S/C28H27IN2OS2/c1-5-9-19(17-27-31(6-2)23-14-13-21(32-4)18-25(23)34-27)16-26-29-30(3)28-22-11-8-7-10-20(22)12-15-24(28)33-26/h5,7-18H,6H2,1-4H3/b9-5-,19-16+,27-17-. The van der Waals surface area contributed by atoms with Crippen molar-refractivity contribution in [2.75, 3.05) is 28.7 Å². The van der Waals surface area contributed by atoms with Crippen LogP contribution in [0.1, 0.15) is 13.8 Å². The van der Waals surface area contributed by atoms with Gasteiger partial charge in [-0.15, -0.1) is 0 Å². The second-order valence-electron chi connectivity index (χ2n) is 7.91. The molecule has 0 saturated heterocycles. The van der Waals surface area contributed by atoms with Crippen LogP contribution in [0.25, 0.3) is 10.8 Å². The number of fused-ring (bicyclic) bond motifs is 4. The Hall–Kier alpha value is -2.16. The van der Waals surface area contributed by atoms with Crippen molar-refractivity contribution in [1.29, 1.82) is 0 Å². The summed E-state index contributed by atoms with van der Waals surface area (Å²) in [5.41, 5.74) is 3.88. The minimum atomic E-state index is -0.275. The van der Waals surface area contributed by atoms with E-state index in [-0.39, 0.29) is 21.0 Å². The minimum absolute atomic E-state index is 0.275. The van der Waals surface area contributed by atoms with E-state index in [0.717, 1.165) is 12.3 Å². The van der Waals surface area contributed by atoms with Crippen LogP contribution in [0.3, 0.4) is 0 Å². The number of nitrogens with zero attached hydrogens (tertiary/aromatic N) is 2. The van der Waals surface area contributed by atoms with Crippen molar-refractivity contribution in [2.24, 2.45) is 0 Å². The zero-order valence-corrected chi connectivity index (χ0v) is 23.5.